The average Bonchev–Trinajstić information content (AvgIpc) is 2.35. The molecule has 1 saturated heterocycles. The van der Waals surface area contributed by atoms with E-state index < -0.39 is 0 Å². The minimum Gasteiger partial charge on any atom is -0.468 e. The summed E-state index contributed by atoms with van der Waals surface area (Å²) >= 11 is 0. The van der Waals surface area contributed by atoms with Crippen LogP contribution in [-0.4, -0.2) is 49.7 Å². The van der Waals surface area contributed by atoms with E-state index in [0.717, 1.165) is 25.6 Å². The zero-order valence-corrected chi connectivity index (χ0v) is 12.9. The molecule has 0 spiro atoms. The maximum Gasteiger partial charge on any atom is 0.322 e. The zero-order chi connectivity index (χ0) is 13.0. The fraction of sp³-hybridized carbons (Fsp3) is 0.929. The molecule has 5 heteroatoms. The minimum atomic E-state index is -0.0878. The Morgan fingerprint density at radius 1 is 1.32 bits per heavy atom. The van der Waals surface area contributed by atoms with Crippen LogP contribution in [0.1, 0.15) is 39.0 Å². The number of methoxy groups -OCH3 is 1. The van der Waals surface area contributed by atoms with Crippen molar-refractivity contribution in [3.63, 3.8) is 0 Å². The highest BCUT2D eigenvalue weighted by Crippen LogP contribution is 2.29. The molecule has 1 unspecified atom stereocenters. The van der Waals surface area contributed by atoms with Gasteiger partial charge in [0.2, 0.25) is 0 Å². The molecule has 1 atom stereocenters. The van der Waals surface area contributed by atoms with E-state index in [1.165, 1.54) is 39.2 Å². The number of esters is 1. The third-order valence-corrected chi connectivity index (χ3v) is 4.51. The van der Waals surface area contributed by atoms with E-state index in [2.05, 4.69) is 10.2 Å². The fourth-order valence-corrected chi connectivity index (χ4v) is 3.01. The molecule has 1 N–H and O–H groups in total. The summed E-state index contributed by atoms with van der Waals surface area (Å²) in [6.07, 6.45) is 6.26. The highest BCUT2D eigenvalue weighted by Gasteiger charge is 2.33. The molecule has 0 aromatic carbocycles. The number of halogens is 1. The van der Waals surface area contributed by atoms with Gasteiger partial charge in [-0.05, 0) is 51.6 Å². The van der Waals surface area contributed by atoms with Gasteiger partial charge in [-0.1, -0.05) is 6.42 Å². The van der Waals surface area contributed by atoms with E-state index in [9.17, 15) is 4.79 Å². The lowest BCUT2D eigenvalue weighted by Gasteiger charge is -2.42. The number of piperidine rings is 1. The molecule has 1 saturated carbocycles. The van der Waals surface area contributed by atoms with E-state index >= 15 is 0 Å². The molecule has 1 aliphatic heterocycles. The third-order valence-electron chi connectivity index (χ3n) is 4.51. The molecule has 1 aliphatic carbocycles. The highest BCUT2D eigenvalue weighted by molar-refractivity contribution is 5.85. The Morgan fingerprint density at radius 3 is 2.42 bits per heavy atom. The van der Waals surface area contributed by atoms with Gasteiger partial charge >= 0.3 is 5.97 Å². The van der Waals surface area contributed by atoms with Crippen molar-refractivity contribution in [1.82, 2.24) is 10.2 Å². The molecule has 112 valence electrons. The molecule has 4 nitrogen and oxygen atoms in total. The molecule has 0 aromatic rings. The summed E-state index contributed by atoms with van der Waals surface area (Å²) < 4.78 is 4.91. The summed E-state index contributed by atoms with van der Waals surface area (Å²) in [7, 11) is 1.49. The Bertz CT molecular complexity index is 279. The first-order chi connectivity index (χ1) is 8.72. The molecule has 0 radical (unpaired) electrons. The second-order valence-corrected chi connectivity index (χ2v) is 5.67. The predicted octanol–water partition coefficient (Wildman–Crippen LogP) is 1.82. The number of rotatable bonds is 5. The van der Waals surface area contributed by atoms with Gasteiger partial charge in [0.25, 0.3) is 0 Å². The Hall–Kier alpha value is -0.320. The summed E-state index contributed by atoms with van der Waals surface area (Å²) in [6.45, 7) is 5.29. The van der Waals surface area contributed by atoms with Crippen molar-refractivity contribution in [2.45, 2.75) is 51.1 Å². The maximum absolute atomic E-state index is 11.8. The van der Waals surface area contributed by atoms with Crippen molar-refractivity contribution < 1.29 is 9.53 Å². The lowest BCUT2D eigenvalue weighted by atomic mass is 9.88. The van der Waals surface area contributed by atoms with Crippen molar-refractivity contribution in [3.8, 4) is 0 Å². The smallest absolute Gasteiger partial charge is 0.322 e. The number of carbonyl (C=O) groups is 1. The molecular weight excluding hydrogens is 264 g/mol. The van der Waals surface area contributed by atoms with E-state index in [1.807, 2.05) is 6.92 Å². The Kier molecular flexibility index (Phi) is 7.11. The molecule has 0 amide bonds. The number of hydrogen-bond acceptors (Lipinski definition) is 4. The molecule has 2 fully saturated rings. The monoisotopic (exact) mass is 290 g/mol. The normalized spacial score (nSPS) is 22.5. The molecule has 0 bridgehead atoms. The molecule has 0 aromatic heterocycles. The van der Waals surface area contributed by atoms with Crippen LogP contribution in [0.5, 0.6) is 0 Å². The molecule has 2 aliphatic rings. The zero-order valence-electron chi connectivity index (χ0n) is 12.1. The number of nitrogens with one attached hydrogen (secondary N) is 1. The lowest BCUT2D eigenvalue weighted by molar-refractivity contribution is -0.148. The summed E-state index contributed by atoms with van der Waals surface area (Å²) in [5, 5.41) is 3.40. The summed E-state index contributed by atoms with van der Waals surface area (Å²) in [5.74, 6) is 0.648. The molecule has 19 heavy (non-hydrogen) atoms. The van der Waals surface area contributed by atoms with Gasteiger partial charge in [-0.15, -0.1) is 12.4 Å². The Balaban J connectivity index is 0.00000180. The van der Waals surface area contributed by atoms with E-state index in [4.69, 9.17) is 4.74 Å². The van der Waals surface area contributed by atoms with E-state index in [-0.39, 0.29) is 24.4 Å². The van der Waals surface area contributed by atoms with Gasteiger partial charge in [0.05, 0.1) is 7.11 Å². The van der Waals surface area contributed by atoms with Crippen LogP contribution in [0.15, 0.2) is 0 Å². The molecular formula is C14H27ClN2O2. The first-order valence-electron chi connectivity index (χ1n) is 7.26. The third kappa shape index (κ3) is 4.33. The topological polar surface area (TPSA) is 41.6 Å². The van der Waals surface area contributed by atoms with Crippen LogP contribution in [0.25, 0.3) is 0 Å². The number of ether oxygens (including phenoxy) is 1. The first kappa shape index (κ1) is 16.7. The second-order valence-electron chi connectivity index (χ2n) is 5.67. The van der Waals surface area contributed by atoms with Crippen molar-refractivity contribution in [3.05, 3.63) is 0 Å². The van der Waals surface area contributed by atoms with Gasteiger partial charge in [0.15, 0.2) is 0 Å². The van der Waals surface area contributed by atoms with Crippen molar-refractivity contribution in [2.24, 2.45) is 5.92 Å². The Labute approximate surface area is 122 Å². The molecule has 1 heterocycles. The second kappa shape index (κ2) is 8.08. The van der Waals surface area contributed by atoms with Crippen molar-refractivity contribution >= 4 is 18.4 Å². The maximum atomic E-state index is 11.8. The van der Waals surface area contributed by atoms with Crippen LogP contribution >= 0.6 is 12.4 Å². The van der Waals surface area contributed by atoms with Gasteiger partial charge in [0.1, 0.15) is 6.04 Å². The van der Waals surface area contributed by atoms with Gasteiger partial charge in [0, 0.05) is 12.6 Å². The average molecular weight is 291 g/mol. The van der Waals surface area contributed by atoms with Crippen LogP contribution < -0.4 is 5.32 Å². The SMILES string of the molecule is COC(=O)C(C)N(CC1CCNCC1)C1CCC1.Cl. The number of nitrogens with zero attached hydrogens (tertiary/aromatic N) is 1. The van der Waals surface area contributed by atoms with E-state index in [1.54, 1.807) is 0 Å². The van der Waals surface area contributed by atoms with Crippen LogP contribution in [0.4, 0.5) is 0 Å². The van der Waals surface area contributed by atoms with Crippen LogP contribution in [0.3, 0.4) is 0 Å². The quantitative estimate of drug-likeness (QED) is 0.785. The fourth-order valence-electron chi connectivity index (χ4n) is 3.01. The Morgan fingerprint density at radius 2 is 1.95 bits per heavy atom. The first-order valence-corrected chi connectivity index (χ1v) is 7.26. The van der Waals surface area contributed by atoms with Crippen molar-refractivity contribution in [2.75, 3.05) is 26.7 Å². The summed E-state index contributed by atoms with van der Waals surface area (Å²) in [6, 6.07) is 0.518. The number of carbonyl (C=O) groups excluding carboxylic acids is 1. The van der Waals surface area contributed by atoms with Crippen molar-refractivity contribution in [1.29, 1.82) is 0 Å². The predicted molar refractivity (Wildman–Crippen MR) is 78.7 cm³/mol. The minimum absolute atomic E-state index is 0. The molecule has 2 rings (SSSR count). The van der Waals surface area contributed by atoms with E-state index in [0.29, 0.717) is 6.04 Å². The van der Waals surface area contributed by atoms with Crippen LogP contribution in [0, 0.1) is 5.92 Å². The highest BCUT2D eigenvalue weighted by atomic mass is 35.5. The largest absolute Gasteiger partial charge is 0.468 e. The standard InChI is InChI=1S/C14H26N2O2.ClH/c1-11(14(17)18-2)16(13-4-3-5-13)10-12-6-8-15-9-7-12;/h11-13,15H,3-10H2,1-2H3;1H. The van der Waals surface area contributed by atoms with Gasteiger partial charge in [-0.3, -0.25) is 9.69 Å². The summed E-state index contributed by atoms with van der Waals surface area (Å²) in [4.78, 5) is 14.2. The summed E-state index contributed by atoms with van der Waals surface area (Å²) in [5.41, 5.74) is 0. The number of hydrogen-bond donors (Lipinski definition) is 1. The van der Waals surface area contributed by atoms with Crippen LogP contribution in [0.2, 0.25) is 0 Å². The van der Waals surface area contributed by atoms with Gasteiger partial charge in [-0.25, -0.2) is 0 Å². The lowest BCUT2D eigenvalue weighted by Crippen LogP contribution is -2.51. The van der Waals surface area contributed by atoms with Crippen LogP contribution in [-0.2, 0) is 9.53 Å². The van der Waals surface area contributed by atoms with Gasteiger partial charge in [-0.2, -0.15) is 0 Å². The van der Waals surface area contributed by atoms with Gasteiger partial charge < -0.3 is 10.1 Å².